The van der Waals surface area contributed by atoms with Gasteiger partial charge in [0.25, 0.3) is 5.91 Å². The minimum absolute atomic E-state index is 0.245. The molecule has 0 saturated carbocycles. The lowest BCUT2D eigenvalue weighted by atomic mass is 10.2. The van der Waals surface area contributed by atoms with Crippen LogP contribution in [0, 0.1) is 5.95 Å². The van der Waals surface area contributed by atoms with Gasteiger partial charge in [-0.15, -0.1) is 0 Å². The molecule has 1 heterocycles. The van der Waals surface area contributed by atoms with Gasteiger partial charge in [-0.1, -0.05) is 0 Å². The van der Waals surface area contributed by atoms with Crippen molar-refractivity contribution >= 4 is 17.7 Å². The van der Waals surface area contributed by atoms with E-state index in [2.05, 4.69) is 16.6 Å². The van der Waals surface area contributed by atoms with Crippen molar-refractivity contribution in [3.8, 4) is 0 Å². The van der Waals surface area contributed by atoms with E-state index in [1.54, 1.807) is 11.8 Å². The normalized spacial score (nSPS) is 10.1. The maximum atomic E-state index is 12.7. The average Bonchev–Trinajstić information content (AvgIpc) is 2.28. The van der Waals surface area contributed by atoms with Gasteiger partial charge >= 0.3 is 0 Å². The van der Waals surface area contributed by atoms with Crippen LogP contribution in [0.5, 0.6) is 0 Å². The van der Waals surface area contributed by atoms with Crippen LogP contribution >= 0.6 is 11.8 Å². The van der Waals surface area contributed by atoms with Crippen molar-refractivity contribution < 1.29 is 9.18 Å². The number of hydrogen-bond donors (Lipinski definition) is 1. The first-order valence-electron chi connectivity index (χ1n) is 5.12. The lowest BCUT2D eigenvalue weighted by Gasteiger charge is -2.04. The maximum Gasteiger partial charge on any atom is 0.251 e. The predicted octanol–water partition coefficient (Wildman–Crippen LogP) is 2.09. The van der Waals surface area contributed by atoms with Crippen LogP contribution in [0.1, 0.15) is 23.2 Å². The van der Waals surface area contributed by atoms with Crippen LogP contribution in [0.15, 0.2) is 18.3 Å². The smallest absolute Gasteiger partial charge is 0.251 e. The molecule has 0 bridgehead atoms. The molecule has 0 aromatic carbocycles. The number of pyridine rings is 1. The molecule has 0 aliphatic rings. The van der Waals surface area contributed by atoms with Gasteiger partial charge < -0.3 is 5.32 Å². The average molecular weight is 242 g/mol. The van der Waals surface area contributed by atoms with E-state index in [0.29, 0.717) is 12.1 Å². The molecule has 5 heteroatoms. The first-order chi connectivity index (χ1) is 7.74. The molecule has 0 atom stereocenters. The van der Waals surface area contributed by atoms with Crippen LogP contribution in [0.3, 0.4) is 0 Å². The molecule has 1 aromatic rings. The van der Waals surface area contributed by atoms with Gasteiger partial charge in [0.2, 0.25) is 5.95 Å². The topological polar surface area (TPSA) is 42.0 Å². The zero-order valence-electron chi connectivity index (χ0n) is 9.20. The number of hydrogen-bond acceptors (Lipinski definition) is 3. The third-order valence-electron chi connectivity index (χ3n) is 2.05. The number of aromatic nitrogens is 1. The molecule has 88 valence electrons. The molecule has 1 aromatic heterocycles. The highest BCUT2D eigenvalue weighted by Crippen LogP contribution is 2.01. The summed E-state index contributed by atoms with van der Waals surface area (Å²) in [6, 6.07) is 2.64. The van der Waals surface area contributed by atoms with Gasteiger partial charge in [-0.2, -0.15) is 16.2 Å². The van der Waals surface area contributed by atoms with Gasteiger partial charge in [0.1, 0.15) is 0 Å². The van der Waals surface area contributed by atoms with E-state index in [1.165, 1.54) is 12.3 Å². The highest BCUT2D eigenvalue weighted by atomic mass is 32.2. The largest absolute Gasteiger partial charge is 0.352 e. The van der Waals surface area contributed by atoms with Crippen molar-refractivity contribution in [2.24, 2.45) is 0 Å². The van der Waals surface area contributed by atoms with Crippen molar-refractivity contribution in [3.63, 3.8) is 0 Å². The molecule has 0 spiro atoms. The van der Waals surface area contributed by atoms with Crippen LogP contribution in [0.4, 0.5) is 4.39 Å². The van der Waals surface area contributed by atoms with Crippen LogP contribution < -0.4 is 5.32 Å². The molecule has 1 amide bonds. The summed E-state index contributed by atoms with van der Waals surface area (Å²) in [5, 5.41) is 2.74. The first-order valence-corrected chi connectivity index (χ1v) is 6.52. The minimum Gasteiger partial charge on any atom is -0.352 e. The Morgan fingerprint density at radius 3 is 3.06 bits per heavy atom. The zero-order valence-corrected chi connectivity index (χ0v) is 10.0. The zero-order chi connectivity index (χ0) is 11.8. The summed E-state index contributed by atoms with van der Waals surface area (Å²) in [6.07, 6.45) is 5.36. The number of halogens is 1. The molecule has 0 aliphatic heterocycles. The fourth-order valence-corrected chi connectivity index (χ4v) is 1.71. The monoisotopic (exact) mass is 242 g/mol. The second-order valence-corrected chi connectivity index (χ2v) is 4.31. The number of carbonyl (C=O) groups excluding carboxylic acids is 1. The third kappa shape index (κ3) is 4.61. The Morgan fingerprint density at radius 1 is 1.56 bits per heavy atom. The second kappa shape index (κ2) is 7.22. The summed E-state index contributed by atoms with van der Waals surface area (Å²) in [5.74, 6) is 0.222. The lowest BCUT2D eigenvalue weighted by molar-refractivity contribution is 0.0952. The molecular weight excluding hydrogens is 227 g/mol. The van der Waals surface area contributed by atoms with Gasteiger partial charge in [0.15, 0.2) is 0 Å². The van der Waals surface area contributed by atoms with Crippen molar-refractivity contribution in [1.29, 1.82) is 0 Å². The fraction of sp³-hybridized carbons (Fsp3) is 0.455. The Hall–Kier alpha value is -1.10. The standard InChI is InChI=1S/C11H15FN2OS/c1-16-7-3-2-5-14-11(15)9-4-6-13-10(12)8-9/h4,6,8H,2-3,5,7H2,1H3,(H,14,15). The maximum absolute atomic E-state index is 12.7. The molecule has 0 fully saturated rings. The molecule has 0 radical (unpaired) electrons. The van der Waals surface area contributed by atoms with E-state index in [9.17, 15) is 9.18 Å². The number of thioether (sulfide) groups is 1. The number of carbonyl (C=O) groups is 1. The van der Waals surface area contributed by atoms with Crippen LogP contribution in [-0.4, -0.2) is 29.4 Å². The number of nitrogens with one attached hydrogen (secondary N) is 1. The predicted molar refractivity (Wildman–Crippen MR) is 64.1 cm³/mol. The van der Waals surface area contributed by atoms with Gasteiger partial charge in [-0.3, -0.25) is 4.79 Å². The molecule has 0 aliphatic carbocycles. The first kappa shape index (κ1) is 13.0. The van der Waals surface area contributed by atoms with Crippen molar-refractivity contribution in [3.05, 3.63) is 29.8 Å². The summed E-state index contributed by atoms with van der Waals surface area (Å²) >= 11 is 1.79. The van der Waals surface area contributed by atoms with E-state index in [1.807, 2.05) is 0 Å². The summed E-state index contributed by atoms with van der Waals surface area (Å²) in [5.41, 5.74) is 0.317. The Balaban J connectivity index is 2.30. The molecule has 0 saturated heterocycles. The van der Waals surface area contributed by atoms with Crippen molar-refractivity contribution in [2.75, 3.05) is 18.6 Å². The Kier molecular flexibility index (Phi) is 5.85. The van der Waals surface area contributed by atoms with Crippen LogP contribution in [-0.2, 0) is 0 Å². The van der Waals surface area contributed by atoms with Crippen molar-refractivity contribution in [2.45, 2.75) is 12.8 Å². The molecule has 1 N–H and O–H groups in total. The summed E-state index contributed by atoms with van der Waals surface area (Å²) in [7, 11) is 0. The molecular formula is C11H15FN2OS. The molecule has 3 nitrogen and oxygen atoms in total. The Bertz CT molecular complexity index is 347. The van der Waals surface area contributed by atoms with Gasteiger partial charge in [0.05, 0.1) is 0 Å². The minimum atomic E-state index is -0.630. The van der Waals surface area contributed by atoms with Crippen LogP contribution in [0.25, 0.3) is 0 Å². The molecule has 16 heavy (non-hydrogen) atoms. The van der Waals surface area contributed by atoms with Crippen molar-refractivity contribution in [1.82, 2.24) is 10.3 Å². The van der Waals surface area contributed by atoms with Gasteiger partial charge in [-0.25, -0.2) is 4.98 Å². The number of unbranched alkanes of at least 4 members (excludes halogenated alkanes) is 1. The highest BCUT2D eigenvalue weighted by molar-refractivity contribution is 7.98. The van der Waals surface area contributed by atoms with E-state index in [4.69, 9.17) is 0 Å². The van der Waals surface area contributed by atoms with E-state index in [-0.39, 0.29) is 5.91 Å². The van der Waals surface area contributed by atoms with E-state index in [0.717, 1.165) is 24.7 Å². The van der Waals surface area contributed by atoms with E-state index < -0.39 is 5.95 Å². The molecule has 1 rings (SSSR count). The number of nitrogens with zero attached hydrogens (tertiary/aromatic N) is 1. The number of rotatable bonds is 6. The van der Waals surface area contributed by atoms with Crippen LogP contribution in [0.2, 0.25) is 0 Å². The second-order valence-electron chi connectivity index (χ2n) is 3.32. The third-order valence-corrected chi connectivity index (χ3v) is 2.75. The molecule has 0 unspecified atom stereocenters. The lowest BCUT2D eigenvalue weighted by Crippen LogP contribution is -2.24. The Morgan fingerprint density at radius 2 is 2.38 bits per heavy atom. The summed E-state index contributed by atoms with van der Waals surface area (Å²) in [6.45, 7) is 0.628. The summed E-state index contributed by atoms with van der Waals surface area (Å²) in [4.78, 5) is 14.9. The highest BCUT2D eigenvalue weighted by Gasteiger charge is 2.05. The quantitative estimate of drug-likeness (QED) is 0.613. The summed E-state index contributed by atoms with van der Waals surface area (Å²) < 4.78 is 12.7. The number of amides is 1. The Labute approximate surface area is 98.8 Å². The van der Waals surface area contributed by atoms with Gasteiger partial charge in [-0.05, 0) is 30.9 Å². The SMILES string of the molecule is CSCCCCNC(=O)c1ccnc(F)c1. The fourth-order valence-electron chi connectivity index (χ4n) is 1.22. The van der Waals surface area contributed by atoms with E-state index >= 15 is 0 Å². The van der Waals surface area contributed by atoms with Gasteiger partial charge in [0, 0.05) is 24.4 Å².